The summed E-state index contributed by atoms with van der Waals surface area (Å²) < 4.78 is 6.81. The Balaban J connectivity index is 2.23. The minimum absolute atomic E-state index is 0.349. The van der Waals surface area contributed by atoms with Crippen LogP contribution in [0.5, 0.6) is 5.75 Å². The molecule has 5 heteroatoms. The number of likely N-dealkylation sites (N-methyl/N-ethyl adjacent to an activating group) is 1. The van der Waals surface area contributed by atoms with Crippen LogP contribution in [0.4, 0.5) is 0 Å². The molecule has 0 spiro atoms. The van der Waals surface area contributed by atoms with E-state index < -0.39 is 0 Å². The SMILES string of the molecule is CN(C)C(C=O)c1cc(Br)ccc1OCc1ccc(Cl)cc1. The fourth-order valence-electron chi connectivity index (χ4n) is 2.10. The van der Waals surface area contributed by atoms with Gasteiger partial charge >= 0.3 is 0 Å². The predicted molar refractivity (Wildman–Crippen MR) is 92.4 cm³/mol. The van der Waals surface area contributed by atoms with E-state index in [-0.39, 0.29) is 6.04 Å². The molecule has 22 heavy (non-hydrogen) atoms. The summed E-state index contributed by atoms with van der Waals surface area (Å²) in [5.74, 6) is 0.698. The molecule has 1 atom stereocenters. The standard InChI is InChI=1S/C17H17BrClNO2/c1-20(2)16(10-21)15-9-13(18)5-8-17(15)22-11-12-3-6-14(19)7-4-12/h3-10,16H,11H2,1-2H3. The second-order valence-corrected chi connectivity index (χ2v) is 6.49. The highest BCUT2D eigenvalue weighted by atomic mass is 79.9. The maximum Gasteiger partial charge on any atom is 0.141 e. The topological polar surface area (TPSA) is 29.5 Å². The molecule has 0 aromatic heterocycles. The van der Waals surface area contributed by atoms with Crippen LogP contribution in [0.15, 0.2) is 46.9 Å². The van der Waals surface area contributed by atoms with Crippen molar-refractivity contribution in [3.05, 3.63) is 63.1 Å². The molecule has 2 aromatic carbocycles. The average Bonchev–Trinajstić information content (AvgIpc) is 2.48. The van der Waals surface area contributed by atoms with Crippen LogP contribution in [0.1, 0.15) is 17.2 Å². The molecule has 0 saturated carbocycles. The van der Waals surface area contributed by atoms with Crippen LogP contribution in [0.25, 0.3) is 0 Å². The molecular formula is C17H17BrClNO2. The zero-order valence-corrected chi connectivity index (χ0v) is 14.8. The minimum atomic E-state index is -0.349. The first kappa shape index (κ1) is 17.0. The number of nitrogens with zero attached hydrogens (tertiary/aromatic N) is 1. The van der Waals surface area contributed by atoms with E-state index in [0.717, 1.165) is 21.9 Å². The van der Waals surface area contributed by atoms with Gasteiger partial charge in [0.15, 0.2) is 0 Å². The molecule has 0 saturated heterocycles. The van der Waals surface area contributed by atoms with Crippen molar-refractivity contribution in [2.75, 3.05) is 14.1 Å². The second kappa shape index (κ2) is 7.77. The molecule has 0 aliphatic heterocycles. The molecule has 0 heterocycles. The molecule has 0 bridgehead atoms. The largest absolute Gasteiger partial charge is 0.489 e. The van der Waals surface area contributed by atoms with Crippen LogP contribution < -0.4 is 4.74 Å². The Morgan fingerprint density at radius 2 is 1.91 bits per heavy atom. The summed E-state index contributed by atoms with van der Waals surface area (Å²) in [5.41, 5.74) is 1.86. The number of hydrogen-bond acceptors (Lipinski definition) is 3. The van der Waals surface area contributed by atoms with Gasteiger partial charge in [0.05, 0.1) is 6.04 Å². The molecular weight excluding hydrogens is 366 g/mol. The molecule has 2 rings (SSSR count). The van der Waals surface area contributed by atoms with Gasteiger partial charge in [-0.2, -0.15) is 0 Å². The van der Waals surface area contributed by atoms with E-state index in [0.29, 0.717) is 17.4 Å². The third kappa shape index (κ3) is 4.32. The molecule has 2 aromatic rings. The second-order valence-electron chi connectivity index (χ2n) is 5.14. The number of benzene rings is 2. The number of halogens is 2. The van der Waals surface area contributed by atoms with Crippen LogP contribution in [0.3, 0.4) is 0 Å². The quantitative estimate of drug-likeness (QED) is 0.690. The van der Waals surface area contributed by atoms with Gasteiger partial charge in [0, 0.05) is 15.1 Å². The maximum absolute atomic E-state index is 11.4. The van der Waals surface area contributed by atoms with Gasteiger partial charge < -0.3 is 9.53 Å². The Bertz CT molecular complexity index is 644. The van der Waals surface area contributed by atoms with Crippen molar-refractivity contribution in [1.29, 1.82) is 0 Å². The van der Waals surface area contributed by atoms with E-state index in [9.17, 15) is 4.79 Å². The normalized spacial score (nSPS) is 12.2. The van der Waals surface area contributed by atoms with Gasteiger partial charge in [-0.3, -0.25) is 4.90 Å². The van der Waals surface area contributed by atoms with Crippen molar-refractivity contribution < 1.29 is 9.53 Å². The fourth-order valence-corrected chi connectivity index (χ4v) is 2.60. The molecule has 0 radical (unpaired) electrons. The summed E-state index contributed by atoms with van der Waals surface area (Å²) in [6.07, 6.45) is 0.914. The van der Waals surface area contributed by atoms with Gasteiger partial charge in [0.2, 0.25) is 0 Å². The number of hydrogen-bond donors (Lipinski definition) is 0. The Labute approximate surface area is 144 Å². The smallest absolute Gasteiger partial charge is 0.141 e. The molecule has 0 fully saturated rings. The first-order valence-electron chi connectivity index (χ1n) is 6.79. The predicted octanol–water partition coefficient (Wildman–Crippen LogP) is 4.48. The lowest BCUT2D eigenvalue weighted by molar-refractivity contribution is -0.111. The third-order valence-electron chi connectivity index (χ3n) is 3.28. The molecule has 1 unspecified atom stereocenters. The first-order chi connectivity index (χ1) is 10.5. The molecule has 0 amide bonds. The zero-order valence-electron chi connectivity index (χ0n) is 12.4. The first-order valence-corrected chi connectivity index (χ1v) is 7.97. The summed E-state index contributed by atoms with van der Waals surface area (Å²) in [6.45, 7) is 0.421. The lowest BCUT2D eigenvalue weighted by Gasteiger charge is -2.22. The monoisotopic (exact) mass is 381 g/mol. The molecule has 0 aliphatic carbocycles. The van der Waals surface area contributed by atoms with Crippen molar-refractivity contribution in [3.63, 3.8) is 0 Å². The van der Waals surface area contributed by atoms with Crippen LogP contribution in [-0.4, -0.2) is 25.3 Å². The molecule has 0 N–H and O–H groups in total. The van der Waals surface area contributed by atoms with Crippen LogP contribution in [-0.2, 0) is 11.4 Å². The van der Waals surface area contributed by atoms with E-state index >= 15 is 0 Å². The van der Waals surface area contributed by atoms with E-state index in [1.807, 2.05) is 61.5 Å². The lowest BCUT2D eigenvalue weighted by Crippen LogP contribution is -2.21. The Hall–Kier alpha value is -1.36. The van der Waals surface area contributed by atoms with E-state index in [2.05, 4.69) is 15.9 Å². The van der Waals surface area contributed by atoms with Gasteiger partial charge in [-0.05, 0) is 50.0 Å². The summed E-state index contributed by atoms with van der Waals surface area (Å²) in [4.78, 5) is 13.2. The van der Waals surface area contributed by atoms with Gasteiger partial charge in [0.1, 0.15) is 18.6 Å². The average molecular weight is 383 g/mol. The number of ether oxygens (including phenoxy) is 1. The molecule has 116 valence electrons. The highest BCUT2D eigenvalue weighted by Crippen LogP contribution is 2.30. The third-order valence-corrected chi connectivity index (χ3v) is 4.03. The number of carbonyl (C=O) groups excluding carboxylic acids is 1. The minimum Gasteiger partial charge on any atom is -0.489 e. The lowest BCUT2D eigenvalue weighted by atomic mass is 10.1. The number of rotatable bonds is 6. The van der Waals surface area contributed by atoms with Gasteiger partial charge in [-0.15, -0.1) is 0 Å². The van der Waals surface area contributed by atoms with Crippen LogP contribution >= 0.6 is 27.5 Å². The Morgan fingerprint density at radius 3 is 2.50 bits per heavy atom. The zero-order chi connectivity index (χ0) is 16.1. The number of aldehydes is 1. The van der Waals surface area contributed by atoms with E-state index in [4.69, 9.17) is 16.3 Å². The van der Waals surface area contributed by atoms with Crippen molar-refractivity contribution in [3.8, 4) is 5.75 Å². The van der Waals surface area contributed by atoms with E-state index in [1.54, 1.807) is 0 Å². The van der Waals surface area contributed by atoms with Crippen LogP contribution in [0.2, 0.25) is 5.02 Å². The van der Waals surface area contributed by atoms with Gasteiger partial charge in [-0.25, -0.2) is 0 Å². The van der Waals surface area contributed by atoms with Crippen molar-refractivity contribution >= 4 is 33.8 Å². The summed E-state index contributed by atoms with van der Waals surface area (Å²) in [6, 6.07) is 12.8. The summed E-state index contributed by atoms with van der Waals surface area (Å²) in [5, 5.41) is 0.696. The highest BCUT2D eigenvalue weighted by Gasteiger charge is 2.18. The fraction of sp³-hybridized carbons (Fsp3) is 0.235. The Morgan fingerprint density at radius 1 is 1.23 bits per heavy atom. The number of carbonyl (C=O) groups is 1. The molecule has 0 aliphatic rings. The highest BCUT2D eigenvalue weighted by molar-refractivity contribution is 9.10. The van der Waals surface area contributed by atoms with Gasteiger partial charge in [0.25, 0.3) is 0 Å². The van der Waals surface area contributed by atoms with Crippen molar-refractivity contribution in [1.82, 2.24) is 4.90 Å². The maximum atomic E-state index is 11.4. The Kier molecular flexibility index (Phi) is 6.00. The van der Waals surface area contributed by atoms with Crippen molar-refractivity contribution in [2.45, 2.75) is 12.6 Å². The van der Waals surface area contributed by atoms with Crippen molar-refractivity contribution in [2.24, 2.45) is 0 Å². The van der Waals surface area contributed by atoms with Gasteiger partial charge in [-0.1, -0.05) is 39.7 Å². The summed E-state index contributed by atoms with van der Waals surface area (Å²) >= 11 is 9.32. The van der Waals surface area contributed by atoms with Crippen LogP contribution in [0, 0.1) is 0 Å². The summed E-state index contributed by atoms with van der Waals surface area (Å²) in [7, 11) is 3.73. The van der Waals surface area contributed by atoms with E-state index in [1.165, 1.54) is 0 Å². The molecule has 3 nitrogen and oxygen atoms in total.